The van der Waals surface area contributed by atoms with Crippen molar-refractivity contribution < 1.29 is 15.0 Å². The number of aliphatic hydroxyl groups is 1. The average molecular weight is 156 g/mol. The van der Waals surface area contributed by atoms with Gasteiger partial charge in [0, 0.05) is 6.92 Å². The zero-order valence-corrected chi connectivity index (χ0v) is 6.40. The highest BCUT2D eigenvalue weighted by molar-refractivity contribution is 5.62. The molecule has 0 radical (unpaired) electrons. The molecule has 3 heteroatoms. The molecule has 1 atom stereocenters. The van der Waals surface area contributed by atoms with Crippen molar-refractivity contribution >= 4 is 5.97 Å². The Morgan fingerprint density at radius 1 is 1.55 bits per heavy atom. The molecule has 0 aromatic carbocycles. The van der Waals surface area contributed by atoms with Crippen molar-refractivity contribution in [2.75, 3.05) is 0 Å². The molecule has 0 spiro atoms. The highest BCUT2D eigenvalue weighted by Crippen LogP contribution is 2.00. The summed E-state index contributed by atoms with van der Waals surface area (Å²) in [7, 11) is 0. The van der Waals surface area contributed by atoms with Gasteiger partial charge < -0.3 is 10.2 Å². The fourth-order valence-corrected chi connectivity index (χ4v) is 0.568. The van der Waals surface area contributed by atoms with Gasteiger partial charge in [0.1, 0.15) is 0 Å². The lowest BCUT2D eigenvalue weighted by atomic mass is 10.1. The Balaban J connectivity index is 0.000000218. The molecule has 2 N–H and O–H groups in total. The van der Waals surface area contributed by atoms with E-state index in [0.29, 0.717) is 0 Å². The molecule has 0 aromatic rings. The maximum Gasteiger partial charge on any atom is 0.300 e. The molecule has 1 unspecified atom stereocenters. The second-order valence-electron chi connectivity index (χ2n) is 2.14. The second-order valence-corrected chi connectivity index (χ2v) is 2.14. The van der Waals surface area contributed by atoms with Crippen molar-refractivity contribution in [2.45, 2.75) is 19.4 Å². The van der Waals surface area contributed by atoms with Crippen LogP contribution in [0, 0.1) is 0 Å². The Bertz CT molecular complexity index is 166. The average Bonchev–Trinajstić information content (AvgIpc) is 1.87. The van der Waals surface area contributed by atoms with Crippen LogP contribution in [0.15, 0.2) is 24.3 Å². The Kier molecular flexibility index (Phi) is 5.11. The van der Waals surface area contributed by atoms with Gasteiger partial charge in [-0.15, -0.1) is 0 Å². The molecule has 0 aromatic heterocycles. The maximum atomic E-state index is 9.00. The first-order valence-electron chi connectivity index (χ1n) is 3.34. The van der Waals surface area contributed by atoms with Gasteiger partial charge in [-0.3, -0.25) is 4.79 Å². The van der Waals surface area contributed by atoms with Crippen molar-refractivity contribution in [3.63, 3.8) is 0 Å². The topological polar surface area (TPSA) is 57.5 Å². The fourth-order valence-electron chi connectivity index (χ4n) is 0.568. The van der Waals surface area contributed by atoms with E-state index in [2.05, 4.69) is 0 Å². The van der Waals surface area contributed by atoms with Gasteiger partial charge in [-0.05, 0) is 6.42 Å². The number of hydrogen-bond acceptors (Lipinski definition) is 2. The molecule has 1 aliphatic rings. The van der Waals surface area contributed by atoms with Crippen LogP contribution in [0.1, 0.15) is 13.3 Å². The van der Waals surface area contributed by atoms with Crippen LogP contribution in [-0.4, -0.2) is 22.3 Å². The number of rotatable bonds is 0. The molecule has 0 saturated heterocycles. The van der Waals surface area contributed by atoms with E-state index in [9.17, 15) is 0 Å². The molecular weight excluding hydrogens is 144 g/mol. The van der Waals surface area contributed by atoms with Gasteiger partial charge in [-0.1, -0.05) is 24.3 Å². The summed E-state index contributed by atoms with van der Waals surface area (Å²) in [6.45, 7) is 1.08. The monoisotopic (exact) mass is 156 g/mol. The summed E-state index contributed by atoms with van der Waals surface area (Å²) in [5, 5.41) is 16.2. The van der Waals surface area contributed by atoms with Gasteiger partial charge in [-0.2, -0.15) is 0 Å². The lowest BCUT2D eigenvalue weighted by Crippen LogP contribution is -2.00. The number of allylic oxidation sites excluding steroid dienone is 2. The molecular formula is C8H12O3. The third kappa shape index (κ3) is 8.91. The molecule has 3 nitrogen and oxygen atoms in total. The van der Waals surface area contributed by atoms with E-state index in [1.165, 1.54) is 0 Å². The van der Waals surface area contributed by atoms with E-state index in [-0.39, 0.29) is 6.10 Å². The molecule has 0 amide bonds. The largest absolute Gasteiger partial charge is 0.481 e. The summed E-state index contributed by atoms with van der Waals surface area (Å²) in [6, 6.07) is 0. The smallest absolute Gasteiger partial charge is 0.300 e. The van der Waals surface area contributed by atoms with Crippen LogP contribution in [0.25, 0.3) is 0 Å². The third-order valence-electron chi connectivity index (χ3n) is 0.958. The number of carboxylic acid groups (broad SMARTS) is 1. The molecule has 0 heterocycles. The van der Waals surface area contributed by atoms with E-state index in [0.717, 1.165) is 13.3 Å². The highest BCUT2D eigenvalue weighted by Gasteiger charge is 1.95. The van der Waals surface area contributed by atoms with Crippen LogP contribution in [0.2, 0.25) is 0 Å². The van der Waals surface area contributed by atoms with Gasteiger partial charge in [0.05, 0.1) is 6.10 Å². The minimum Gasteiger partial charge on any atom is -0.481 e. The first-order valence-corrected chi connectivity index (χ1v) is 3.34. The first-order chi connectivity index (χ1) is 5.13. The van der Waals surface area contributed by atoms with Crippen molar-refractivity contribution in [1.29, 1.82) is 0 Å². The van der Waals surface area contributed by atoms with Crippen LogP contribution in [0.3, 0.4) is 0 Å². The van der Waals surface area contributed by atoms with E-state index < -0.39 is 5.97 Å². The van der Waals surface area contributed by atoms with E-state index >= 15 is 0 Å². The standard InChI is InChI=1S/C6H8O.C2H4O2/c7-6-4-2-1-3-5-6;1-2(3)4/h1-4,6-7H,5H2;1H3,(H,3,4). The lowest BCUT2D eigenvalue weighted by Gasteiger charge is -2.01. The quantitative estimate of drug-likeness (QED) is 0.549. The normalized spacial score (nSPS) is 20.4. The van der Waals surface area contributed by atoms with Crippen molar-refractivity contribution in [2.24, 2.45) is 0 Å². The molecule has 62 valence electrons. The van der Waals surface area contributed by atoms with Gasteiger partial charge in [0.15, 0.2) is 0 Å². The molecule has 0 aliphatic heterocycles. The van der Waals surface area contributed by atoms with Crippen molar-refractivity contribution in [3.05, 3.63) is 24.3 Å². The predicted molar refractivity (Wildman–Crippen MR) is 42.2 cm³/mol. The summed E-state index contributed by atoms with van der Waals surface area (Å²) in [5.74, 6) is -0.833. The molecule has 0 bridgehead atoms. The highest BCUT2D eigenvalue weighted by atomic mass is 16.4. The molecule has 11 heavy (non-hydrogen) atoms. The Labute approximate surface area is 65.7 Å². The second kappa shape index (κ2) is 5.68. The Hall–Kier alpha value is -1.09. The van der Waals surface area contributed by atoms with Gasteiger partial charge in [-0.25, -0.2) is 0 Å². The summed E-state index contributed by atoms with van der Waals surface area (Å²) >= 11 is 0. The van der Waals surface area contributed by atoms with Crippen LogP contribution in [0.5, 0.6) is 0 Å². The van der Waals surface area contributed by atoms with Crippen LogP contribution in [-0.2, 0) is 4.79 Å². The van der Waals surface area contributed by atoms with Crippen LogP contribution < -0.4 is 0 Å². The summed E-state index contributed by atoms with van der Waals surface area (Å²) in [4.78, 5) is 9.00. The third-order valence-corrected chi connectivity index (χ3v) is 0.958. The fraction of sp³-hybridized carbons (Fsp3) is 0.375. The Morgan fingerprint density at radius 3 is 2.27 bits per heavy atom. The summed E-state index contributed by atoms with van der Waals surface area (Å²) in [6.07, 6.45) is 8.06. The lowest BCUT2D eigenvalue weighted by molar-refractivity contribution is -0.134. The van der Waals surface area contributed by atoms with Crippen LogP contribution in [0.4, 0.5) is 0 Å². The van der Waals surface area contributed by atoms with E-state index in [1.54, 1.807) is 6.08 Å². The molecule has 0 saturated carbocycles. The van der Waals surface area contributed by atoms with Crippen molar-refractivity contribution in [3.8, 4) is 0 Å². The molecule has 1 aliphatic carbocycles. The van der Waals surface area contributed by atoms with Crippen molar-refractivity contribution in [1.82, 2.24) is 0 Å². The summed E-state index contributed by atoms with van der Waals surface area (Å²) < 4.78 is 0. The number of carboxylic acids is 1. The van der Waals surface area contributed by atoms with E-state index in [4.69, 9.17) is 15.0 Å². The maximum absolute atomic E-state index is 9.00. The first kappa shape index (κ1) is 9.91. The van der Waals surface area contributed by atoms with Gasteiger partial charge in [0.25, 0.3) is 5.97 Å². The molecule has 0 fully saturated rings. The number of aliphatic carboxylic acids is 1. The number of hydrogen-bond donors (Lipinski definition) is 2. The summed E-state index contributed by atoms with van der Waals surface area (Å²) in [5.41, 5.74) is 0. The zero-order chi connectivity index (χ0) is 8.69. The predicted octanol–water partition coefficient (Wildman–Crippen LogP) is 0.954. The van der Waals surface area contributed by atoms with Crippen LogP contribution >= 0.6 is 0 Å². The Morgan fingerprint density at radius 2 is 2.09 bits per heavy atom. The number of aliphatic hydroxyl groups excluding tert-OH is 1. The van der Waals surface area contributed by atoms with Gasteiger partial charge >= 0.3 is 0 Å². The van der Waals surface area contributed by atoms with Gasteiger partial charge in [0.2, 0.25) is 0 Å². The SMILES string of the molecule is CC(=O)O.OC1C=CC=CC1. The minimum absolute atomic E-state index is 0.231. The zero-order valence-electron chi connectivity index (χ0n) is 6.40. The minimum atomic E-state index is -0.833. The molecule has 1 rings (SSSR count). The van der Waals surface area contributed by atoms with E-state index in [1.807, 2.05) is 18.2 Å². The number of carbonyl (C=O) groups is 1.